The predicted octanol–water partition coefficient (Wildman–Crippen LogP) is 4.88. The molecule has 6 atom stereocenters. The zero-order valence-electron chi connectivity index (χ0n) is 27.3. The first kappa shape index (κ1) is 33.2. The number of amides is 3. The van der Waals surface area contributed by atoms with Crippen molar-refractivity contribution in [2.45, 2.75) is 108 Å². The molecule has 0 radical (unpaired) electrons. The van der Waals surface area contributed by atoms with Gasteiger partial charge in [-0.25, -0.2) is 0 Å². The molecule has 5 rings (SSSR count). The zero-order chi connectivity index (χ0) is 32.4. The summed E-state index contributed by atoms with van der Waals surface area (Å²) in [4.78, 5) is 49.6. The van der Waals surface area contributed by atoms with Crippen LogP contribution in [0.15, 0.2) is 49.6 Å². The average Bonchev–Trinajstić information content (AvgIpc) is 3.67. The summed E-state index contributed by atoms with van der Waals surface area (Å²) in [6.07, 6.45) is 10.6. The van der Waals surface area contributed by atoms with Gasteiger partial charge >= 0.3 is 0 Å². The number of rotatable bonds is 14. The summed E-state index contributed by atoms with van der Waals surface area (Å²) >= 11 is 0. The molecule has 1 aromatic rings. The first-order valence-corrected chi connectivity index (χ1v) is 17.0. The van der Waals surface area contributed by atoms with Gasteiger partial charge in [0.15, 0.2) is 0 Å². The van der Waals surface area contributed by atoms with E-state index >= 15 is 0 Å². The van der Waals surface area contributed by atoms with Crippen LogP contribution in [0.25, 0.3) is 0 Å². The minimum Gasteiger partial charge on any atom is -0.494 e. The Balaban J connectivity index is 1.59. The molecule has 3 amide bonds. The number of carbonyl (C=O) groups excluding carboxylic acids is 3. The summed E-state index contributed by atoms with van der Waals surface area (Å²) in [6, 6.07) is 5.94. The van der Waals surface area contributed by atoms with Crippen LogP contribution >= 0.6 is 0 Å². The standard InChI is InChI=1S/C36H51N3O6/c1-6-22-37(27-16-18-28(19-17-27)44-10-5)32(41)29-30-33(42)39(25(8-3)24-40)31(36(30)21-20-35(29,9-4)45-36)34(43)38(23-7-2)26-14-12-11-13-15-26/h6-7,16-19,25-26,29-31,40H,1-2,8-15,20-24H2,3-5H3/t25-,29+,30-,31?,35-,36?/m0/s1. The lowest BCUT2D eigenvalue weighted by Gasteiger charge is -2.42. The van der Waals surface area contributed by atoms with Crippen LogP contribution < -0.4 is 9.64 Å². The third-order valence-electron chi connectivity index (χ3n) is 10.9. The van der Waals surface area contributed by atoms with Crippen LogP contribution in [0.4, 0.5) is 5.69 Å². The number of hydrogen-bond donors (Lipinski definition) is 1. The van der Waals surface area contributed by atoms with Crippen LogP contribution in [0.3, 0.4) is 0 Å². The third kappa shape index (κ3) is 5.50. The van der Waals surface area contributed by atoms with Crippen molar-refractivity contribution in [1.29, 1.82) is 0 Å². The van der Waals surface area contributed by atoms with E-state index in [4.69, 9.17) is 9.47 Å². The van der Waals surface area contributed by atoms with Gasteiger partial charge in [-0.05, 0) is 69.7 Å². The fourth-order valence-electron chi connectivity index (χ4n) is 8.73. The van der Waals surface area contributed by atoms with Crippen LogP contribution in [0.2, 0.25) is 0 Å². The van der Waals surface area contributed by atoms with Gasteiger partial charge in [0.05, 0.1) is 36.7 Å². The Morgan fingerprint density at radius 3 is 2.33 bits per heavy atom. The molecule has 0 aromatic heterocycles. The smallest absolute Gasteiger partial charge is 0.248 e. The fourth-order valence-corrected chi connectivity index (χ4v) is 8.73. The van der Waals surface area contributed by atoms with E-state index in [0.29, 0.717) is 50.3 Å². The van der Waals surface area contributed by atoms with E-state index in [1.165, 1.54) is 0 Å². The van der Waals surface area contributed by atoms with Crippen molar-refractivity contribution >= 4 is 23.4 Å². The zero-order valence-corrected chi connectivity index (χ0v) is 27.3. The highest BCUT2D eigenvalue weighted by Crippen LogP contribution is 2.65. The molecule has 3 heterocycles. The number of hydrogen-bond acceptors (Lipinski definition) is 6. The Bertz CT molecular complexity index is 1260. The van der Waals surface area contributed by atoms with Crippen LogP contribution in [0.5, 0.6) is 5.75 Å². The highest BCUT2D eigenvalue weighted by atomic mass is 16.5. The van der Waals surface area contributed by atoms with Crippen molar-refractivity contribution in [1.82, 2.24) is 9.80 Å². The molecule has 4 fully saturated rings. The summed E-state index contributed by atoms with van der Waals surface area (Å²) < 4.78 is 12.7. The Morgan fingerprint density at radius 1 is 1.07 bits per heavy atom. The molecule has 3 saturated heterocycles. The van der Waals surface area contributed by atoms with Gasteiger partial charge in [0.25, 0.3) is 0 Å². The largest absolute Gasteiger partial charge is 0.494 e. The molecule has 246 valence electrons. The lowest BCUT2D eigenvalue weighted by molar-refractivity contribution is -0.157. The van der Waals surface area contributed by atoms with Gasteiger partial charge in [0.2, 0.25) is 17.7 Å². The molecule has 2 unspecified atom stereocenters. The molecule has 9 nitrogen and oxygen atoms in total. The van der Waals surface area contributed by atoms with Crippen LogP contribution in [0, 0.1) is 11.8 Å². The number of likely N-dealkylation sites (tertiary alicyclic amines) is 1. The maximum Gasteiger partial charge on any atom is 0.248 e. The lowest BCUT2D eigenvalue weighted by atomic mass is 9.64. The topological polar surface area (TPSA) is 99.6 Å². The highest BCUT2D eigenvalue weighted by Gasteiger charge is 2.79. The van der Waals surface area contributed by atoms with Gasteiger partial charge < -0.3 is 29.3 Å². The number of ether oxygens (including phenoxy) is 2. The Morgan fingerprint density at radius 2 is 1.76 bits per heavy atom. The van der Waals surface area contributed by atoms with E-state index in [9.17, 15) is 19.5 Å². The number of aliphatic hydroxyl groups is 1. The number of fused-ring (bicyclic) bond motifs is 1. The highest BCUT2D eigenvalue weighted by molar-refractivity contribution is 6.03. The molecule has 45 heavy (non-hydrogen) atoms. The third-order valence-corrected chi connectivity index (χ3v) is 10.9. The second-order valence-electron chi connectivity index (χ2n) is 13.1. The first-order valence-electron chi connectivity index (χ1n) is 17.0. The normalized spacial score (nSPS) is 29.7. The molecule has 1 N–H and O–H groups in total. The SMILES string of the molecule is C=CCN(C(=O)[C@H]1[C@H]2C(=O)N([C@@H](CC)CO)C(C(=O)N(CC=C)C3CCCCC3)C23CC[C@]1(CC)O3)c1ccc(OCC)cc1. The summed E-state index contributed by atoms with van der Waals surface area (Å²) in [5.41, 5.74) is -1.35. The monoisotopic (exact) mass is 621 g/mol. The second-order valence-corrected chi connectivity index (χ2v) is 13.1. The molecule has 4 aliphatic rings. The number of nitrogens with zero attached hydrogens (tertiary/aromatic N) is 3. The van der Waals surface area contributed by atoms with E-state index in [0.717, 1.165) is 32.1 Å². The van der Waals surface area contributed by atoms with E-state index in [1.54, 1.807) is 22.0 Å². The molecule has 1 spiro atoms. The lowest BCUT2D eigenvalue weighted by Crippen LogP contribution is -2.60. The van der Waals surface area contributed by atoms with Crippen molar-refractivity contribution < 1.29 is 29.0 Å². The summed E-state index contributed by atoms with van der Waals surface area (Å²) in [7, 11) is 0. The molecule has 1 aliphatic carbocycles. The van der Waals surface area contributed by atoms with E-state index < -0.39 is 35.1 Å². The maximum absolute atomic E-state index is 14.9. The Kier molecular flexibility index (Phi) is 10.1. The van der Waals surface area contributed by atoms with Gasteiger partial charge in [-0.3, -0.25) is 14.4 Å². The quantitative estimate of drug-likeness (QED) is 0.298. The van der Waals surface area contributed by atoms with Crippen molar-refractivity contribution in [2.24, 2.45) is 11.8 Å². The van der Waals surface area contributed by atoms with Crippen LogP contribution in [-0.2, 0) is 19.1 Å². The predicted molar refractivity (Wildman–Crippen MR) is 174 cm³/mol. The van der Waals surface area contributed by atoms with Crippen molar-refractivity contribution in [2.75, 3.05) is 31.2 Å². The van der Waals surface area contributed by atoms with E-state index in [-0.39, 0.29) is 36.9 Å². The molecule has 9 heteroatoms. The molecule has 3 aliphatic heterocycles. The van der Waals surface area contributed by atoms with Gasteiger partial charge in [-0.2, -0.15) is 0 Å². The van der Waals surface area contributed by atoms with E-state index in [2.05, 4.69) is 13.2 Å². The van der Waals surface area contributed by atoms with Gasteiger partial charge in [0.1, 0.15) is 17.4 Å². The average molecular weight is 622 g/mol. The second kappa shape index (κ2) is 13.7. The molecular weight excluding hydrogens is 570 g/mol. The molecule has 1 aromatic carbocycles. The minimum absolute atomic E-state index is 0.0600. The summed E-state index contributed by atoms with van der Waals surface area (Å²) in [6.45, 7) is 14.6. The molecule has 1 saturated carbocycles. The number of benzene rings is 1. The number of carbonyl (C=O) groups is 3. The van der Waals surface area contributed by atoms with E-state index in [1.807, 2.05) is 49.9 Å². The van der Waals surface area contributed by atoms with Crippen molar-refractivity contribution in [3.05, 3.63) is 49.6 Å². The van der Waals surface area contributed by atoms with Crippen LogP contribution in [-0.4, -0.2) is 88.3 Å². The fraction of sp³-hybridized carbons (Fsp3) is 0.639. The van der Waals surface area contributed by atoms with Crippen LogP contribution in [0.1, 0.15) is 78.6 Å². The summed E-state index contributed by atoms with van der Waals surface area (Å²) in [5, 5.41) is 10.5. The molecular formula is C36H51N3O6. The Hall–Kier alpha value is -3.17. The van der Waals surface area contributed by atoms with Gasteiger partial charge in [-0.1, -0.05) is 45.3 Å². The summed E-state index contributed by atoms with van der Waals surface area (Å²) in [5.74, 6) is -1.54. The van der Waals surface area contributed by atoms with Crippen molar-refractivity contribution in [3.63, 3.8) is 0 Å². The molecule has 2 bridgehead atoms. The van der Waals surface area contributed by atoms with Crippen molar-refractivity contribution in [3.8, 4) is 5.75 Å². The number of anilines is 1. The van der Waals surface area contributed by atoms with Gasteiger partial charge in [-0.15, -0.1) is 13.2 Å². The Labute approximate surface area is 268 Å². The van der Waals surface area contributed by atoms with Gasteiger partial charge in [0, 0.05) is 24.8 Å². The number of aliphatic hydroxyl groups excluding tert-OH is 1. The maximum atomic E-state index is 14.9. The minimum atomic E-state index is -1.15. The first-order chi connectivity index (χ1) is 21.8.